The molecule has 0 aromatic carbocycles. The van der Waals surface area contributed by atoms with E-state index < -0.39 is 34.7 Å². The van der Waals surface area contributed by atoms with Gasteiger partial charge in [-0.05, 0) is 373 Å². The van der Waals surface area contributed by atoms with Crippen molar-refractivity contribution in [3.8, 4) is 0 Å². The number of carboxylic acids is 2. The maximum absolute atomic E-state index is 12.6. The first-order valence-electron chi connectivity index (χ1n) is 51.3. The zero-order chi connectivity index (χ0) is 92.4. The Bertz CT molecular complexity index is 3900. The molecule has 19 heteroatoms. The molecule has 20 fully saturated rings. The molecule has 43 atom stereocenters. The van der Waals surface area contributed by atoms with Crippen LogP contribution in [0, 0.1) is 253 Å². The highest BCUT2D eigenvalue weighted by Gasteiger charge is 2.71. The Morgan fingerprint density at radius 1 is 0.296 bits per heavy atom. The molecule has 3 heterocycles. The average Bonchev–Trinajstić information content (AvgIpc) is 1.53. The molecule has 0 aromatic rings. The lowest BCUT2D eigenvalue weighted by atomic mass is 9.62. The lowest BCUT2D eigenvalue weighted by molar-refractivity contribution is -0.164. The van der Waals surface area contributed by atoms with Gasteiger partial charge in [-0.15, -0.1) is 0 Å². The third-order valence-corrected chi connectivity index (χ3v) is 39.6. The Hall–Kier alpha value is -5.23. The highest BCUT2D eigenvalue weighted by Crippen LogP contribution is 2.73. The van der Waals surface area contributed by atoms with E-state index in [1.54, 1.807) is 13.8 Å². The van der Waals surface area contributed by atoms with Crippen LogP contribution in [-0.4, -0.2) is 92.7 Å². The first-order valence-corrected chi connectivity index (χ1v) is 51.3. The minimum Gasteiger partial charge on any atom is -0.481 e. The number of hydrogen-bond donors (Lipinski definition) is 2. The van der Waals surface area contributed by atoms with E-state index in [9.17, 15) is 57.8 Å². The van der Waals surface area contributed by atoms with Crippen molar-refractivity contribution in [2.75, 3.05) is 0 Å². The second kappa shape index (κ2) is 55.0. The van der Waals surface area contributed by atoms with E-state index in [0.29, 0.717) is 108 Å². The van der Waals surface area contributed by atoms with Crippen LogP contribution in [0.1, 0.15) is 452 Å². The van der Waals surface area contributed by atoms with Crippen LogP contribution in [0.3, 0.4) is 0 Å². The minimum atomic E-state index is -0.568. The van der Waals surface area contributed by atoms with Gasteiger partial charge in [0.1, 0.15) is 16.8 Å². The molecule has 14 bridgehead atoms. The van der Waals surface area contributed by atoms with Gasteiger partial charge < -0.3 is 38.6 Å². The number of fused-ring (bicyclic) bond motifs is 25. The maximum atomic E-state index is 12.6. The number of ether oxygens (including phenoxy) is 6. The molecule has 0 radical (unpaired) electrons. The van der Waals surface area contributed by atoms with Crippen LogP contribution in [0.2, 0.25) is 0 Å². The average molecular weight is 2020 g/mol. The third-order valence-electron chi connectivity index (χ3n) is 39.6. The van der Waals surface area contributed by atoms with Crippen LogP contribution in [0.4, 0.5) is 0 Å². The van der Waals surface area contributed by atoms with Gasteiger partial charge in [0.2, 0.25) is 0 Å². The molecule has 2 spiro atoms. The molecule has 3 saturated heterocycles. The molecule has 142 heavy (non-hydrogen) atoms. The molecule has 20 rings (SSSR count). The molecule has 17 saturated carbocycles. The van der Waals surface area contributed by atoms with E-state index in [0.717, 1.165) is 158 Å². The van der Waals surface area contributed by atoms with Gasteiger partial charge >= 0.3 is 65.7 Å². The van der Waals surface area contributed by atoms with E-state index in [1.165, 1.54) is 96.3 Å². The summed E-state index contributed by atoms with van der Waals surface area (Å²) < 4.78 is 30.8. The zero-order valence-corrected chi connectivity index (χ0v) is 82.2. The zero-order valence-electron chi connectivity index (χ0n) is 82.2. The van der Waals surface area contributed by atoms with Crippen molar-refractivity contribution in [1.82, 2.24) is 0 Å². The monoisotopic (exact) mass is 2010 g/mol. The lowest BCUT2D eigenvalue weighted by Crippen LogP contribution is -2.41. The molecule has 838 valence electrons. The highest BCUT2D eigenvalue weighted by molar-refractivity contribution is 5.99. The van der Waals surface area contributed by atoms with Crippen molar-refractivity contribution in [3.63, 3.8) is 0 Å². The first-order chi connectivity index (χ1) is 58.9. The van der Waals surface area contributed by atoms with Gasteiger partial charge in [0.15, 0.2) is 0 Å². The van der Waals surface area contributed by atoms with Crippen LogP contribution in [0.25, 0.3) is 0 Å². The Morgan fingerprint density at radius 3 is 0.838 bits per heavy atom. The van der Waals surface area contributed by atoms with Crippen molar-refractivity contribution in [1.29, 1.82) is 0 Å². The summed E-state index contributed by atoms with van der Waals surface area (Å²) in [5.41, 5.74) is -1.86. The summed E-state index contributed by atoms with van der Waals surface area (Å²) in [6, 6.07) is 0. The van der Waals surface area contributed by atoms with Crippen LogP contribution >= 0.6 is 0 Å². The normalized spacial score (nSPS) is 42.0. The smallest absolute Gasteiger partial charge is 0.320 e. The highest BCUT2D eigenvalue weighted by atomic mass is 16.6. The van der Waals surface area contributed by atoms with Gasteiger partial charge in [-0.1, -0.05) is 268 Å². The first kappa shape index (κ1) is 143. The fourth-order valence-corrected chi connectivity index (χ4v) is 33.7. The summed E-state index contributed by atoms with van der Waals surface area (Å²) in [5, 5.41) is 18.3. The molecule has 17 aliphatic carbocycles. The van der Waals surface area contributed by atoms with E-state index in [2.05, 4.69) is 102 Å². The largest absolute Gasteiger partial charge is 0.481 e. The van der Waals surface area contributed by atoms with E-state index in [-0.39, 0.29) is 219 Å². The molecule has 19 nitrogen and oxygen atoms in total. The second-order valence-electron chi connectivity index (χ2n) is 49.5. The molecular formula is C123H232O19. The Balaban J connectivity index is -0.000000760. The fourth-order valence-electron chi connectivity index (χ4n) is 33.7. The van der Waals surface area contributed by atoms with E-state index in [4.69, 9.17) is 28.8 Å². The molecule has 20 aliphatic rings. The van der Waals surface area contributed by atoms with Crippen molar-refractivity contribution >= 4 is 65.7 Å². The van der Waals surface area contributed by atoms with E-state index >= 15 is 0 Å². The SMILES string of the molecule is C.C.C.C.C.C.C.C.C.C.C.C.C.C.C.C.CC1C(=O)OC(=O)C1C.CC1C2CC(C(=O)O)C(C2)C1C.CC1C2CC(C(=O)OC(C)(C)C)C(C2)C1C.CC1C2CC(C(=O)OC(C)(C)C)C(C2)C1C.CC1C2CC(C1C)C1(CC(=O)OC1=O)C2.CCCC1CC(C)C2C3CC(C(=O)O)C(C3)C12.CCCC1CC(C)C2C3CC(C(=O)OC(C)(C)C)C(C3)C12.CCCC1CC(C)C2C3CC(C12)C1(CC(=O)OC1=O)C3. The number of hydrogen-bond acceptors (Lipinski definition) is 17. The number of rotatable bonds is 11. The van der Waals surface area contributed by atoms with Gasteiger partial charge in [-0.2, -0.15) is 0 Å². The van der Waals surface area contributed by atoms with E-state index in [1.807, 2.05) is 62.3 Å². The molecular weight excluding hydrogens is 1780 g/mol. The van der Waals surface area contributed by atoms with Crippen LogP contribution in [0.5, 0.6) is 0 Å². The Morgan fingerprint density at radius 2 is 0.556 bits per heavy atom. The van der Waals surface area contributed by atoms with Crippen molar-refractivity contribution in [2.24, 2.45) is 253 Å². The van der Waals surface area contributed by atoms with Crippen LogP contribution < -0.4 is 0 Å². The summed E-state index contributed by atoms with van der Waals surface area (Å²) >= 11 is 0. The van der Waals surface area contributed by atoms with Gasteiger partial charge in [0.25, 0.3) is 0 Å². The summed E-state index contributed by atoms with van der Waals surface area (Å²) in [6.07, 6.45) is 27.9. The third kappa shape index (κ3) is 27.8. The molecule has 0 amide bonds. The topological polar surface area (TPSA) is 284 Å². The minimum absolute atomic E-state index is 0. The number of carboxylic acid groups (broad SMARTS) is 2. The van der Waals surface area contributed by atoms with Crippen LogP contribution in [0.15, 0.2) is 0 Å². The second-order valence-corrected chi connectivity index (χ2v) is 49.5. The lowest BCUT2D eigenvalue weighted by Gasteiger charge is -2.39. The molecule has 0 aromatic heterocycles. The number of cyclic esters (lactones) is 6. The number of carbonyl (C=O) groups excluding carboxylic acids is 9. The predicted octanol–water partition coefficient (Wildman–Crippen LogP) is 32.1. The number of carbonyl (C=O) groups is 11. The van der Waals surface area contributed by atoms with Gasteiger partial charge in [0.05, 0.1) is 65.1 Å². The van der Waals surface area contributed by atoms with Crippen LogP contribution in [-0.2, 0) is 81.2 Å². The Kier molecular flexibility index (Phi) is 55.4. The molecule has 43 unspecified atom stereocenters. The maximum Gasteiger partial charge on any atom is 0.320 e. The summed E-state index contributed by atoms with van der Waals surface area (Å²) in [7, 11) is 0. The summed E-state index contributed by atoms with van der Waals surface area (Å²) in [4.78, 5) is 127. The van der Waals surface area contributed by atoms with Gasteiger partial charge in [-0.3, -0.25) is 52.7 Å². The number of esters is 9. The fraction of sp³-hybridized carbons (Fsp3) is 0.911. The van der Waals surface area contributed by atoms with Crippen molar-refractivity contribution < 1.29 is 91.4 Å². The Labute approximate surface area is 874 Å². The standard InChI is InChI=1S/C19H32O2.C17H24O3.C15H24O2.2C14H24O2.C12H16O3.C10H16O2.C6H8O3.16CH4/c1-6-7-12-8-11(2)16-13-9-14(17(12)16)15(10-13)18(20)21-19(3,4)5;1-3-4-10-5-9(2)14-11-6-12(15(10)14)17(7-11)8-13(18)20-16(17)19;1-3-4-9-5-8(2)13-10-6-11(14(9)13)12(7-10)15(16)17;2*1-8-9(2)11-6-10(8)7-12(11)13(15)16-14(3,4)5;1-6-7(2)9-3-8(6)4-12(9)5-10(13)15-11(12)14;1-5-6(2)8-3-7(5)4-9(8)10(11)12;1-3-4(2)6(8)9-5(3)7;;;;;;;;;;;;;;;;/h11-17H,6-10H2,1-5H3;9-12,14-15H,3-8H2,1-2H3;8-14H,3-7H2,1-2H3,(H,16,17);2*8-12H,6-7H2,1-5H3;6-9H,3-5H2,1-2H3;5-9H,3-4H2,1-2H3,(H,11,12);3-4H,1-2H3;16*1H4. The summed E-state index contributed by atoms with van der Waals surface area (Å²) in [6.45, 7) is 53.3. The van der Waals surface area contributed by atoms with Crippen molar-refractivity contribution in [3.05, 3.63) is 0 Å². The number of aliphatic carboxylic acids is 2. The predicted molar refractivity (Wildman–Crippen MR) is 588 cm³/mol. The van der Waals surface area contributed by atoms with Crippen molar-refractivity contribution in [2.45, 2.75) is 469 Å². The quantitative estimate of drug-likeness (QED) is 0.110. The van der Waals surface area contributed by atoms with Gasteiger partial charge in [0, 0.05) is 0 Å². The van der Waals surface area contributed by atoms with Gasteiger partial charge in [-0.25, -0.2) is 0 Å². The summed E-state index contributed by atoms with van der Waals surface area (Å²) in [5.74, 6) is 21.4. The molecule has 3 aliphatic heterocycles. The molecule has 2 N–H and O–H groups in total.